The molecule has 101 heavy (non-hydrogen) atoms. The van der Waals surface area contributed by atoms with Gasteiger partial charge in [0.1, 0.15) is 0 Å². The normalized spacial score (nSPS) is 11.1. The summed E-state index contributed by atoms with van der Waals surface area (Å²) in [6, 6.07) is 83.5. The third kappa shape index (κ3) is 23.3. The van der Waals surface area contributed by atoms with Crippen molar-refractivity contribution >= 4 is 66.8 Å². The number of rotatable bonds is 11. The van der Waals surface area contributed by atoms with Crippen LogP contribution in [0.15, 0.2) is 256 Å². The fraction of sp³-hybridized carbons (Fsp3) is 0.190. The minimum atomic E-state index is -1.37. The van der Waals surface area contributed by atoms with Crippen LogP contribution in [0.5, 0.6) is 0 Å². The van der Waals surface area contributed by atoms with E-state index in [0.29, 0.717) is 40.4 Å². The molecule has 0 bridgehead atoms. The van der Waals surface area contributed by atoms with Crippen molar-refractivity contribution in [2.75, 3.05) is 0 Å². The number of aromatic nitrogens is 6. The van der Waals surface area contributed by atoms with Gasteiger partial charge in [0.25, 0.3) is 0 Å². The average molecular weight is 1550 g/mol. The molecule has 0 atom stereocenters. The molecule has 17 heteroatoms. The maximum absolute atomic E-state index is 8.87. The van der Waals surface area contributed by atoms with E-state index in [4.69, 9.17) is 50.0 Å². The van der Waals surface area contributed by atoms with Gasteiger partial charge >= 0.3 is 66.2 Å². The number of benzene rings is 10. The van der Waals surface area contributed by atoms with Crippen LogP contribution < -0.4 is 64.6 Å². The Labute approximate surface area is 666 Å². The fourth-order valence-electron chi connectivity index (χ4n) is 10.4. The van der Waals surface area contributed by atoms with Gasteiger partial charge in [0, 0.05) is 46.8 Å². The molecule has 10 aromatic carbocycles. The predicted molar refractivity (Wildman–Crippen MR) is 419 cm³/mol. The summed E-state index contributed by atoms with van der Waals surface area (Å²) in [5.41, 5.74) is 18.9. The standard InChI is InChI=1S/C51H51N3.C21H12Br3N3.C10H15BO2.CHO3.CH3.2Na/c1-49(2,3)43-28-22-37(23-29-43)34-10-16-40(17-11-34)46-52-47(41-18-12-35(13-19-41)38-24-30-44(31-25-38)50(4,5)6)54-48(53-46)42-20-14-36(15-21-42)39-26-32-45(33-27-39)51(7,8)9;22-16-7-1-13(2-8-16)19-25-20(14-3-9-17(23)10-4-14)27-21(26-19)15-5-11-18(24)12-6-15;1-10(2,3)8-4-6-9(7-5-8)11(12)13;2-1-4-3;;;/h10-33H,1-9H3;1-12H;4-7,12-13H,1-3H3;3H;1H3;;/q;;;2*-1;2*+1. The first-order valence-corrected chi connectivity index (χ1v) is 34.5. The molecule has 0 aliphatic rings. The molecular formula is C84H82BBr3N6Na2O5. The Morgan fingerprint density at radius 1 is 0.287 bits per heavy atom. The summed E-state index contributed by atoms with van der Waals surface area (Å²) in [7, 11) is -1.37. The minimum Gasteiger partial charge on any atom is -0.509 e. The molecule has 11 nitrogen and oxygen atoms in total. The van der Waals surface area contributed by atoms with Crippen LogP contribution in [-0.4, -0.2) is 58.8 Å². The van der Waals surface area contributed by atoms with Crippen LogP contribution in [0.1, 0.15) is 105 Å². The molecule has 504 valence electrons. The molecule has 0 saturated carbocycles. The summed E-state index contributed by atoms with van der Waals surface area (Å²) >= 11 is 10.4. The molecule has 12 aromatic rings. The summed E-state index contributed by atoms with van der Waals surface area (Å²) in [5.74, 6) is 3.88. The number of hydrogen-bond acceptors (Lipinski definition) is 11. The Hall–Kier alpha value is -6.93. The van der Waals surface area contributed by atoms with Gasteiger partial charge in [-0.1, -0.05) is 337 Å². The molecule has 0 saturated heterocycles. The smallest absolute Gasteiger partial charge is 0.509 e. The number of carbonyl (C=O) groups excluding carboxylic acids is 1. The number of nitrogens with zero attached hydrogens (tertiary/aromatic N) is 6. The largest absolute Gasteiger partial charge is 1.00 e. The Kier molecular flexibility index (Phi) is 30.4. The molecule has 0 aliphatic carbocycles. The molecule has 2 aromatic heterocycles. The van der Waals surface area contributed by atoms with Crippen molar-refractivity contribution in [2.24, 2.45) is 0 Å². The van der Waals surface area contributed by atoms with Crippen molar-refractivity contribution in [3.63, 3.8) is 0 Å². The molecule has 0 aliphatic heterocycles. The Morgan fingerprint density at radius 2 is 0.426 bits per heavy atom. The van der Waals surface area contributed by atoms with E-state index in [1.165, 1.54) is 38.9 Å². The van der Waals surface area contributed by atoms with Gasteiger partial charge in [-0.3, -0.25) is 0 Å². The van der Waals surface area contributed by atoms with Gasteiger partial charge in [0.15, 0.2) is 34.9 Å². The first-order chi connectivity index (χ1) is 46.5. The van der Waals surface area contributed by atoms with Crippen molar-refractivity contribution < 1.29 is 84.1 Å². The Bertz CT molecular complexity index is 4150. The molecule has 0 unspecified atom stereocenters. The van der Waals surface area contributed by atoms with E-state index >= 15 is 0 Å². The van der Waals surface area contributed by atoms with Crippen LogP contribution in [0, 0.1) is 7.43 Å². The summed E-state index contributed by atoms with van der Waals surface area (Å²) in [5, 5.41) is 24.7. The predicted octanol–water partition coefficient (Wildman–Crippen LogP) is 15.6. The SMILES string of the molecule is Brc1ccc(-c2nc(-c3ccc(Br)cc3)nc(-c3ccc(Br)cc3)n2)cc1.CC(C)(C)c1ccc(-c2ccc(-c3nc(-c4ccc(-c5ccc(C(C)(C)C)cc5)cc4)nc(-c4ccc(-c5ccc(C(C)(C)C)cc5)cc4)n3)cc2)cc1.CC(C)(C)c1ccc(B(O)O)cc1.O=[C-]OO.[CH3-].[Na+].[Na+]. The Balaban J connectivity index is 0.000000282. The summed E-state index contributed by atoms with van der Waals surface area (Å²) in [6.45, 7) is 27.3. The third-order valence-electron chi connectivity index (χ3n) is 16.4. The topological polar surface area (TPSA) is 164 Å². The fourth-order valence-corrected chi connectivity index (χ4v) is 11.2. The van der Waals surface area contributed by atoms with E-state index < -0.39 is 7.12 Å². The van der Waals surface area contributed by atoms with E-state index in [1.807, 2.05) is 84.9 Å². The maximum Gasteiger partial charge on any atom is 1.00 e. The number of halogens is 3. The van der Waals surface area contributed by atoms with E-state index in [1.54, 1.807) is 12.1 Å². The second-order valence-corrected chi connectivity index (χ2v) is 30.5. The molecule has 0 fully saturated rings. The molecular weight excluding hydrogens is 1470 g/mol. The second-order valence-electron chi connectivity index (χ2n) is 27.8. The van der Waals surface area contributed by atoms with Gasteiger partial charge in [-0.05, 0) is 126 Å². The van der Waals surface area contributed by atoms with Gasteiger partial charge in [-0.25, -0.2) is 35.2 Å². The Morgan fingerprint density at radius 3 is 0.574 bits per heavy atom. The summed E-state index contributed by atoms with van der Waals surface area (Å²) in [4.78, 5) is 40.6. The third-order valence-corrected chi connectivity index (χ3v) is 18.0. The van der Waals surface area contributed by atoms with Crippen LogP contribution in [0.25, 0.3) is 102 Å². The van der Waals surface area contributed by atoms with Gasteiger partial charge < -0.3 is 27.2 Å². The van der Waals surface area contributed by atoms with Crippen LogP contribution in [0.2, 0.25) is 0 Å². The van der Waals surface area contributed by atoms with Crippen molar-refractivity contribution in [3.05, 3.63) is 286 Å². The molecule has 0 spiro atoms. The van der Waals surface area contributed by atoms with Crippen LogP contribution in [-0.2, 0) is 31.3 Å². The summed E-state index contributed by atoms with van der Waals surface area (Å²) < 4.78 is 3.05. The van der Waals surface area contributed by atoms with Crippen molar-refractivity contribution in [1.29, 1.82) is 0 Å². The quantitative estimate of drug-likeness (QED) is 0.0489. The van der Waals surface area contributed by atoms with Crippen molar-refractivity contribution in [1.82, 2.24) is 29.9 Å². The van der Waals surface area contributed by atoms with Gasteiger partial charge in [-0.15, -0.1) is 0 Å². The monoisotopic (exact) mass is 1550 g/mol. The van der Waals surface area contributed by atoms with Crippen LogP contribution in [0.3, 0.4) is 0 Å². The van der Waals surface area contributed by atoms with E-state index in [-0.39, 0.29) is 88.2 Å². The van der Waals surface area contributed by atoms with E-state index in [0.717, 1.165) is 70.0 Å². The van der Waals surface area contributed by atoms with Gasteiger partial charge in [0.2, 0.25) is 0 Å². The number of hydrogen-bond donors (Lipinski definition) is 3. The molecule has 0 amide bonds. The molecule has 0 radical (unpaired) electrons. The molecule has 3 N–H and O–H groups in total. The van der Waals surface area contributed by atoms with Gasteiger partial charge in [0.05, 0.1) is 0 Å². The van der Waals surface area contributed by atoms with E-state index in [9.17, 15) is 0 Å². The molecule has 2 heterocycles. The maximum atomic E-state index is 8.87. The van der Waals surface area contributed by atoms with Crippen molar-refractivity contribution in [2.45, 2.75) is 105 Å². The zero-order valence-corrected chi connectivity index (χ0v) is 68.9. The zero-order chi connectivity index (χ0) is 70.5. The average Bonchev–Trinajstić information content (AvgIpc) is 0.804. The first kappa shape index (κ1) is 83.0. The first-order valence-electron chi connectivity index (χ1n) is 32.1. The van der Waals surface area contributed by atoms with Crippen LogP contribution >= 0.6 is 47.8 Å². The molecule has 12 rings (SSSR count). The van der Waals surface area contributed by atoms with Gasteiger partial charge in [-0.2, -0.15) is 0 Å². The summed E-state index contributed by atoms with van der Waals surface area (Å²) in [6.07, 6.45) is 0. The minimum absolute atomic E-state index is 0. The van der Waals surface area contributed by atoms with E-state index in [2.05, 4.69) is 281 Å². The van der Waals surface area contributed by atoms with Crippen LogP contribution in [0.4, 0.5) is 0 Å². The zero-order valence-electron chi connectivity index (χ0n) is 60.1. The van der Waals surface area contributed by atoms with Crippen molar-refractivity contribution in [3.8, 4) is 102 Å². The second kappa shape index (κ2) is 37.0.